The van der Waals surface area contributed by atoms with Crippen molar-refractivity contribution < 1.29 is 4.39 Å². The van der Waals surface area contributed by atoms with Crippen LogP contribution in [0.1, 0.15) is 44.3 Å². The zero-order chi connectivity index (χ0) is 13.5. The van der Waals surface area contributed by atoms with Gasteiger partial charge >= 0.3 is 0 Å². The van der Waals surface area contributed by atoms with E-state index in [-0.39, 0.29) is 11.9 Å². The Morgan fingerprint density at radius 1 is 1.26 bits per heavy atom. The predicted octanol–water partition coefficient (Wildman–Crippen LogP) is 2.75. The van der Waals surface area contributed by atoms with Crippen LogP contribution < -0.4 is 5.32 Å². The molecule has 0 aromatic carbocycles. The minimum absolute atomic E-state index is 0.174. The van der Waals surface area contributed by atoms with Gasteiger partial charge in [0.2, 0.25) is 0 Å². The Kier molecular flexibility index (Phi) is 5.73. The molecule has 2 rings (SSSR count). The Hall–Kier alpha value is -1.00. The summed E-state index contributed by atoms with van der Waals surface area (Å²) in [6.45, 7) is 6.57. The Bertz CT molecular complexity index is 358. The SMILES string of the molecule is CC(NCCN1CCCCCC1)c1ccc(F)cn1. The molecule has 0 spiro atoms. The third-order valence-electron chi connectivity index (χ3n) is 3.77. The Morgan fingerprint density at radius 3 is 2.63 bits per heavy atom. The molecule has 2 heterocycles. The molecule has 1 atom stereocenters. The van der Waals surface area contributed by atoms with Gasteiger partial charge in [-0.1, -0.05) is 12.8 Å². The molecule has 1 aliphatic rings. The van der Waals surface area contributed by atoms with Crippen LogP contribution in [0.2, 0.25) is 0 Å². The number of hydrogen-bond donors (Lipinski definition) is 1. The summed E-state index contributed by atoms with van der Waals surface area (Å²) in [5.41, 5.74) is 0.900. The first-order chi connectivity index (χ1) is 9.25. The Balaban J connectivity index is 1.71. The van der Waals surface area contributed by atoms with E-state index in [0.717, 1.165) is 18.8 Å². The highest BCUT2D eigenvalue weighted by molar-refractivity contribution is 5.08. The van der Waals surface area contributed by atoms with Crippen molar-refractivity contribution in [3.05, 3.63) is 29.8 Å². The standard InChI is InChI=1S/C15H24FN3/c1-13(15-7-6-14(16)12-18-15)17-8-11-19-9-4-2-3-5-10-19/h6-7,12-13,17H,2-5,8-11H2,1H3. The second-order valence-electron chi connectivity index (χ2n) is 5.33. The van der Waals surface area contributed by atoms with Crippen molar-refractivity contribution in [2.45, 2.75) is 38.6 Å². The largest absolute Gasteiger partial charge is 0.308 e. The number of likely N-dealkylation sites (tertiary alicyclic amines) is 1. The fourth-order valence-corrected chi connectivity index (χ4v) is 2.55. The molecule has 1 saturated heterocycles. The van der Waals surface area contributed by atoms with Gasteiger partial charge in [0.15, 0.2) is 0 Å². The molecule has 1 aromatic rings. The molecule has 19 heavy (non-hydrogen) atoms. The lowest BCUT2D eigenvalue weighted by molar-refractivity contribution is 0.280. The Morgan fingerprint density at radius 2 is 2.00 bits per heavy atom. The van der Waals surface area contributed by atoms with Crippen molar-refractivity contribution in [2.75, 3.05) is 26.2 Å². The van der Waals surface area contributed by atoms with E-state index < -0.39 is 0 Å². The van der Waals surface area contributed by atoms with E-state index in [9.17, 15) is 4.39 Å². The maximum Gasteiger partial charge on any atom is 0.141 e. The van der Waals surface area contributed by atoms with Crippen LogP contribution in [0.4, 0.5) is 4.39 Å². The maximum atomic E-state index is 12.8. The minimum atomic E-state index is -0.277. The molecule has 0 saturated carbocycles. The average Bonchev–Trinajstić information content (AvgIpc) is 2.68. The molecule has 1 N–H and O–H groups in total. The van der Waals surface area contributed by atoms with Crippen LogP contribution >= 0.6 is 0 Å². The molecule has 0 aliphatic carbocycles. The van der Waals surface area contributed by atoms with Gasteiger partial charge in [0.05, 0.1) is 11.9 Å². The van der Waals surface area contributed by atoms with Gasteiger partial charge in [0.25, 0.3) is 0 Å². The summed E-state index contributed by atoms with van der Waals surface area (Å²) in [6.07, 6.45) is 6.69. The lowest BCUT2D eigenvalue weighted by Crippen LogP contribution is -2.34. The first-order valence-electron chi connectivity index (χ1n) is 7.33. The molecule has 106 valence electrons. The minimum Gasteiger partial charge on any atom is -0.308 e. The summed E-state index contributed by atoms with van der Waals surface area (Å²) >= 11 is 0. The van der Waals surface area contributed by atoms with Crippen molar-refractivity contribution in [2.24, 2.45) is 0 Å². The van der Waals surface area contributed by atoms with Gasteiger partial charge < -0.3 is 10.2 Å². The molecular weight excluding hydrogens is 241 g/mol. The van der Waals surface area contributed by atoms with Crippen molar-refractivity contribution in [1.82, 2.24) is 15.2 Å². The summed E-state index contributed by atoms with van der Waals surface area (Å²) < 4.78 is 12.8. The summed E-state index contributed by atoms with van der Waals surface area (Å²) in [4.78, 5) is 6.64. The normalized spacial score (nSPS) is 19.1. The van der Waals surface area contributed by atoms with Crippen LogP contribution in [0, 0.1) is 5.82 Å². The van der Waals surface area contributed by atoms with Gasteiger partial charge in [0, 0.05) is 19.1 Å². The highest BCUT2D eigenvalue weighted by Gasteiger charge is 2.10. The fourth-order valence-electron chi connectivity index (χ4n) is 2.55. The number of rotatable bonds is 5. The van der Waals surface area contributed by atoms with Crippen molar-refractivity contribution in [3.8, 4) is 0 Å². The zero-order valence-corrected chi connectivity index (χ0v) is 11.7. The number of hydrogen-bond acceptors (Lipinski definition) is 3. The van der Waals surface area contributed by atoms with Crippen LogP contribution in [0.5, 0.6) is 0 Å². The van der Waals surface area contributed by atoms with Gasteiger partial charge in [-0.2, -0.15) is 0 Å². The van der Waals surface area contributed by atoms with Gasteiger partial charge in [-0.25, -0.2) is 4.39 Å². The zero-order valence-electron chi connectivity index (χ0n) is 11.7. The van der Waals surface area contributed by atoms with E-state index >= 15 is 0 Å². The summed E-state index contributed by atoms with van der Waals surface area (Å²) in [5.74, 6) is -0.277. The number of aromatic nitrogens is 1. The van der Waals surface area contributed by atoms with Crippen LogP contribution in [-0.2, 0) is 0 Å². The monoisotopic (exact) mass is 265 g/mol. The van der Waals surface area contributed by atoms with Crippen LogP contribution in [0.25, 0.3) is 0 Å². The molecular formula is C15H24FN3. The first kappa shape index (κ1) is 14.4. The van der Waals surface area contributed by atoms with Crippen LogP contribution in [0.15, 0.2) is 18.3 Å². The molecule has 4 heteroatoms. The van der Waals surface area contributed by atoms with Crippen LogP contribution in [0.3, 0.4) is 0 Å². The van der Waals surface area contributed by atoms with Crippen molar-refractivity contribution in [1.29, 1.82) is 0 Å². The van der Waals surface area contributed by atoms with E-state index in [4.69, 9.17) is 0 Å². The highest BCUT2D eigenvalue weighted by atomic mass is 19.1. The van der Waals surface area contributed by atoms with E-state index in [1.807, 2.05) is 0 Å². The van der Waals surface area contributed by atoms with E-state index in [2.05, 4.69) is 22.1 Å². The molecule has 0 amide bonds. The van der Waals surface area contributed by atoms with Gasteiger partial charge in [0.1, 0.15) is 5.82 Å². The van der Waals surface area contributed by atoms with Crippen LogP contribution in [-0.4, -0.2) is 36.1 Å². The molecule has 0 bridgehead atoms. The third kappa shape index (κ3) is 4.88. The molecule has 1 aliphatic heterocycles. The lowest BCUT2D eigenvalue weighted by atomic mass is 10.2. The molecule has 3 nitrogen and oxygen atoms in total. The first-order valence-corrected chi connectivity index (χ1v) is 7.33. The fraction of sp³-hybridized carbons (Fsp3) is 0.667. The van der Waals surface area contributed by atoms with Gasteiger partial charge in [-0.15, -0.1) is 0 Å². The Labute approximate surface area is 115 Å². The number of halogens is 1. The van der Waals surface area contributed by atoms with Crippen molar-refractivity contribution in [3.63, 3.8) is 0 Å². The highest BCUT2D eigenvalue weighted by Crippen LogP contribution is 2.10. The van der Waals surface area contributed by atoms with E-state index in [0.29, 0.717) is 0 Å². The molecule has 1 aromatic heterocycles. The molecule has 1 unspecified atom stereocenters. The second kappa shape index (κ2) is 7.56. The van der Waals surface area contributed by atoms with Crippen molar-refractivity contribution >= 4 is 0 Å². The third-order valence-corrected chi connectivity index (χ3v) is 3.77. The summed E-state index contributed by atoms with van der Waals surface area (Å²) in [7, 11) is 0. The topological polar surface area (TPSA) is 28.2 Å². The maximum absolute atomic E-state index is 12.8. The number of nitrogens with one attached hydrogen (secondary N) is 1. The summed E-state index contributed by atoms with van der Waals surface area (Å²) in [6, 6.07) is 3.39. The predicted molar refractivity (Wildman–Crippen MR) is 75.5 cm³/mol. The van der Waals surface area contributed by atoms with E-state index in [1.54, 1.807) is 6.07 Å². The quantitative estimate of drug-likeness (QED) is 0.887. The molecule has 1 fully saturated rings. The van der Waals surface area contributed by atoms with Gasteiger partial charge in [-0.3, -0.25) is 4.98 Å². The number of nitrogens with zero attached hydrogens (tertiary/aromatic N) is 2. The van der Waals surface area contributed by atoms with E-state index in [1.165, 1.54) is 51.0 Å². The van der Waals surface area contributed by atoms with Gasteiger partial charge in [-0.05, 0) is 45.0 Å². The molecule has 0 radical (unpaired) electrons. The summed E-state index contributed by atoms with van der Waals surface area (Å²) in [5, 5.41) is 3.46. The second-order valence-corrected chi connectivity index (χ2v) is 5.33. The smallest absolute Gasteiger partial charge is 0.141 e. The number of pyridine rings is 1. The lowest BCUT2D eigenvalue weighted by Gasteiger charge is -2.21. The average molecular weight is 265 g/mol.